The Bertz CT molecular complexity index is 760. The SMILES string of the molecule is COC1=CC(=O)C(=O)C=C1Nc1ccc(S(N)(=O)=O)cc1. The van der Waals surface area contributed by atoms with E-state index in [1.807, 2.05) is 0 Å². The van der Waals surface area contributed by atoms with E-state index in [0.717, 1.165) is 12.2 Å². The Morgan fingerprint density at radius 3 is 2.14 bits per heavy atom. The van der Waals surface area contributed by atoms with E-state index in [9.17, 15) is 18.0 Å². The van der Waals surface area contributed by atoms with Crippen molar-refractivity contribution in [2.24, 2.45) is 5.14 Å². The predicted octanol–water partition coefficient (Wildman–Crippen LogP) is 0.312. The fourth-order valence-electron chi connectivity index (χ4n) is 1.69. The normalized spacial score (nSPS) is 15.3. The number of hydrogen-bond acceptors (Lipinski definition) is 6. The number of ether oxygens (including phenoxy) is 1. The molecule has 0 atom stereocenters. The number of sulfonamides is 1. The van der Waals surface area contributed by atoms with Crippen molar-refractivity contribution < 1.29 is 22.7 Å². The zero-order valence-corrected chi connectivity index (χ0v) is 11.8. The molecule has 0 unspecified atom stereocenters. The molecule has 0 aromatic heterocycles. The van der Waals surface area contributed by atoms with Crippen molar-refractivity contribution in [1.29, 1.82) is 0 Å². The lowest BCUT2D eigenvalue weighted by molar-refractivity contribution is -0.131. The highest BCUT2D eigenvalue weighted by atomic mass is 32.2. The largest absolute Gasteiger partial charge is 0.494 e. The lowest BCUT2D eigenvalue weighted by Gasteiger charge is -2.16. The Morgan fingerprint density at radius 1 is 1.05 bits per heavy atom. The molecule has 8 heteroatoms. The molecule has 110 valence electrons. The fraction of sp³-hybridized carbons (Fsp3) is 0.0769. The van der Waals surface area contributed by atoms with E-state index < -0.39 is 21.6 Å². The number of benzene rings is 1. The van der Waals surface area contributed by atoms with Crippen LogP contribution < -0.4 is 10.5 Å². The number of methoxy groups -OCH3 is 1. The number of nitrogens with two attached hydrogens (primary N) is 1. The van der Waals surface area contributed by atoms with E-state index in [0.29, 0.717) is 11.4 Å². The van der Waals surface area contributed by atoms with Crippen LogP contribution in [0.4, 0.5) is 5.69 Å². The van der Waals surface area contributed by atoms with Gasteiger partial charge in [-0.15, -0.1) is 0 Å². The maximum absolute atomic E-state index is 11.4. The summed E-state index contributed by atoms with van der Waals surface area (Å²) in [6, 6.07) is 5.61. The summed E-state index contributed by atoms with van der Waals surface area (Å²) in [4.78, 5) is 22.6. The number of nitrogens with one attached hydrogen (secondary N) is 1. The Hall–Kier alpha value is -2.45. The van der Waals surface area contributed by atoms with Crippen LogP contribution in [0, 0.1) is 0 Å². The number of rotatable bonds is 4. The first-order valence-corrected chi connectivity index (χ1v) is 7.32. The van der Waals surface area contributed by atoms with Crippen molar-refractivity contribution >= 4 is 27.3 Å². The number of anilines is 1. The van der Waals surface area contributed by atoms with Crippen LogP contribution in [-0.2, 0) is 24.3 Å². The number of ketones is 2. The highest BCUT2D eigenvalue weighted by molar-refractivity contribution is 7.89. The van der Waals surface area contributed by atoms with Gasteiger partial charge in [0.2, 0.25) is 21.6 Å². The number of hydrogen-bond donors (Lipinski definition) is 2. The van der Waals surface area contributed by atoms with E-state index in [4.69, 9.17) is 9.88 Å². The Balaban J connectivity index is 2.26. The molecule has 1 aromatic carbocycles. The standard InChI is InChI=1S/C13H12N2O5S/c1-20-13-7-12(17)11(16)6-10(13)15-8-2-4-9(5-3-8)21(14,18)19/h2-7,15H,1H3,(H2,14,18,19). The highest BCUT2D eigenvalue weighted by Crippen LogP contribution is 2.20. The van der Waals surface area contributed by atoms with Gasteiger partial charge in [-0.05, 0) is 24.3 Å². The molecule has 1 aliphatic rings. The molecule has 0 saturated carbocycles. The molecule has 0 radical (unpaired) electrons. The van der Waals surface area contributed by atoms with Crippen molar-refractivity contribution in [3.05, 3.63) is 47.9 Å². The first-order valence-electron chi connectivity index (χ1n) is 5.77. The minimum Gasteiger partial charge on any atom is -0.494 e. The molecule has 0 amide bonds. The molecule has 2 rings (SSSR count). The smallest absolute Gasteiger partial charge is 0.238 e. The number of allylic oxidation sites excluding steroid dienone is 2. The summed E-state index contributed by atoms with van der Waals surface area (Å²) in [7, 11) is -2.39. The summed E-state index contributed by atoms with van der Waals surface area (Å²) in [5, 5.41) is 7.87. The number of primary sulfonamides is 1. The molecular formula is C13H12N2O5S. The average Bonchev–Trinajstić information content (AvgIpc) is 2.42. The van der Waals surface area contributed by atoms with Gasteiger partial charge in [-0.3, -0.25) is 9.59 Å². The van der Waals surface area contributed by atoms with Crippen molar-refractivity contribution in [3.8, 4) is 0 Å². The Morgan fingerprint density at radius 2 is 1.62 bits per heavy atom. The Labute approximate surface area is 121 Å². The molecule has 3 N–H and O–H groups in total. The first kappa shape index (κ1) is 14.9. The molecule has 1 aromatic rings. The number of carbonyl (C=O) groups is 2. The quantitative estimate of drug-likeness (QED) is 0.611. The summed E-state index contributed by atoms with van der Waals surface area (Å²) in [6.45, 7) is 0. The molecule has 0 fully saturated rings. The molecule has 0 spiro atoms. The summed E-state index contributed by atoms with van der Waals surface area (Å²) < 4.78 is 27.3. The molecule has 0 aliphatic heterocycles. The molecule has 0 heterocycles. The summed E-state index contributed by atoms with van der Waals surface area (Å²) >= 11 is 0. The maximum atomic E-state index is 11.4. The van der Waals surface area contributed by atoms with Gasteiger partial charge in [-0.1, -0.05) is 0 Å². The van der Waals surface area contributed by atoms with Gasteiger partial charge in [0.25, 0.3) is 0 Å². The van der Waals surface area contributed by atoms with Gasteiger partial charge < -0.3 is 10.1 Å². The van der Waals surface area contributed by atoms with Crippen LogP contribution in [0.25, 0.3) is 0 Å². The highest BCUT2D eigenvalue weighted by Gasteiger charge is 2.21. The van der Waals surface area contributed by atoms with Gasteiger partial charge in [-0.2, -0.15) is 0 Å². The molecule has 0 saturated heterocycles. The van der Waals surface area contributed by atoms with Crippen LogP contribution in [0.5, 0.6) is 0 Å². The van der Waals surface area contributed by atoms with Crippen LogP contribution in [-0.4, -0.2) is 27.1 Å². The lowest BCUT2D eigenvalue weighted by Crippen LogP contribution is -2.19. The minimum atomic E-state index is -3.76. The van der Waals surface area contributed by atoms with E-state index >= 15 is 0 Å². The van der Waals surface area contributed by atoms with E-state index in [1.165, 1.54) is 31.4 Å². The second-order valence-corrected chi connectivity index (χ2v) is 5.76. The lowest BCUT2D eigenvalue weighted by atomic mass is 10.1. The monoisotopic (exact) mass is 308 g/mol. The third-order valence-electron chi connectivity index (χ3n) is 2.73. The summed E-state index contributed by atoms with van der Waals surface area (Å²) in [6.07, 6.45) is 2.21. The Kier molecular flexibility index (Phi) is 3.92. The second kappa shape index (κ2) is 5.51. The van der Waals surface area contributed by atoms with Gasteiger partial charge in [0.05, 0.1) is 17.7 Å². The van der Waals surface area contributed by atoms with E-state index in [2.05, 4.69) is 5.32 Å². The van der Waals surface area contributed by atoms with E-state index in [1.54, 1.807) is 0 Å². The van der Waals surface area contributed by atoms with Crippen LogP contribution >= 0.6 is 0 Å². The first-order chi connectivity index (χ1) is 9.81. The fourth-order valence-corrected chi connectivity index (χ4v) is 2.21. The van der Waals surface area contributed by atoms with Gasteiger partial charge in [0.1, 0.15) is 5.76 Å². The maximum Gasteiger partial charge on any atom is 0.238 e. The van der Waals surface area contributed by atoms with Crippen LogP contribution in [0.2, 0.25) is 0 Å². The molecule has 7 nitrogen and oxygen atoms in total. The van der Waals surface area contributed by atoms with Crippen molar-refractivity contribution in [1.82, 2.24) is 0 Å². The third-order valence-corrected chi connectivity index (χ3v) is 3.66. The third kappa shape index (κ3) is 3.36. The molecule has 1 aliphatic carbocycles. The summed E-state index contributed by atoms with van der Waals surface area (Å²) in [5.41, 5.74) is 0.823. The molecule has 21 heavy (non-hydrogen) atoms. The molecule has 0 bridgehead atoms. The average molecular weight is 308 g/mol. The minimum absolute atomic E-state index is 0.0283. The van der Waals surface area contributed by atoms with Gasteiger partial charge >= 0.3 is 0 Å². The van der Waals surface area contributed by atoms with Crippen molar-refractivity contribution in [2.75, 3.05) is 12.4 Å². The van der Waals surface area contributed by atoms with E-state index in [-0.39, 0.29) is 10.7 Å². The zero-order valence-electron chi connectivity index (χ0n) is 11.0. The predicted molar refractivity (Wildman–Crippen MR) is 74.6 cm³/mol. The topological polar surface area (TPSA) is 116 Å². The van der Waals surface area contributed by atoms with Crippen LogP contribution in [0.3, 0.4) is 0 Å². The van der Waals surface area contributed by atoms with Gasteiger partial charge in [0, 0.05) is 17.8 Å². The van der Waals surface area contributed by atoms with Crippen LogP contribution in [0.15, 0.2) is 52.8 Å². The zero-order chi connectivity index (χ0) is 15.6. The van der Waals surface area contributed by atoms with Gasteiger partial charge in [0.15, 0.2) is 0 Å². The number of carbonyl (C=O) groups excluding carboxylic acids is 2. The van der Waals surface area contributed by atoms with Crippen LogP contribution in [0.1, 0.15) is 0 Å². The van der Waals surface area contributed by atoms with Gasteiger partial charge in [-0.25, -0.2) is 13.6 Å². The van der Waals surface area contributed by atoms with Crippen molar-refractivity contribution in [2.45, 2.75) is 4.90 Å². The second-order valence-electron chi connectivity index (χ2n) is 4.19. The van der Waals surface area contributed by atoms with Crippen molar-refractivity contribution in [3.63, 3.8) is 0 Å². The molecular weight excluding hydrogens is 296 g/mol. The summed E-state index contributed by atoms with van der Waals surface area (Å²) in [5.74, 6) is -1.11.